The van der Waals surface area contributed by atoms with Crippen molar-refractivity contribution in [2.45, 2.75) is 24.9 Å². The number of carbonyl (C=O) groups is 3. The van der Waals surface area contributed by atoms with E-state index in [1.54, 1.807) is 23.7 Å². The van der Waals surface area contributed by atoms with Crippen molar-refractivity contribution in [2.24, 2.45) is 7.05 Å². The molecule has 176 valence electrons. The summed E-state index contributed by atoms with van der Waals surface area (Å²) in [6, 6.07) is 4.96. The molecule has 0 saturated carbocycles. The lowest BCUT2D eigenvalue weighted by Crippen LogP contribution is -2.42. The van der Waals surface area contributed by atoms with Crippen molar-refractivity contribution in [2.75, 3.05) is 34.8 Å². The van der Waals surface area contributed by atoms with E-state index in [4.69, 9.17) is 15.9 Å². The van der Waals surface area contributed by atoms with Crippen LogP contribution in [0.2, 0.25) is 0 Å². The number of nitrogens with one attached hydrogen (secondary N) is 4. The van der Waals surface area contributed by atoms with Crippen molar-refractivity contribution in [3.05, 3.63) is 40.2 Å². The van der Waals surface area contributed by atoms with Gasteiger partial charge in [0, 0.05) is 37.8 Å². The number of carbonyl (C=O) groups excluding carboxylic acids is 1. The topological polar surface area (TPSA) is 201 Å². The van der Waals surface area contributed by atoms with Crippen LogP contribution < -0.4 is 32.6 Å². The fourth-order valence-electron chi connectivity index (χ4n) is 3.30. The molecule has 13 heteroatoms. The number of carboxylic acids is 2. The molecule has 0 spiro atoms. The van der Waals surface area contributed by atoms with E-state index < -0.39 is 29.4 Å². The fourth-order valence-corrected chi connectivity index (χ4v) is 3.30. The maximum absolute atomic E-state index is 12.3. The lowest BCUT2D eigenvalue weighted by Gasteiger charge is -2.29. The second kappa shape index (κ2) is 9.89. The van der Waals surface area contributed by atoms with Gasteiger partial charge in [0.2, 0.25) is 5.95 Å². The Balaban J connectivity index is 1.56. The van der Waals surface area contributed by atoms with Crippen molar-refractivity contribution in [1.29, 1.82) is 0 Å². The van der Waals surface area contributed by atoms with Crippen LogP contribution >= 0.6 is 0 Å². The van der Waals surface area contributed by atoms with Crippen LogP contribution in [0, 0.1) is 0 Å². The SMILES string of the molecule is Cn1c(N)nc(=O)c2c1NCC(CNc1ccc(C(=O)N[C@@H](CCC(=O)O)C(=O)O)cc1)N2. The zero-order valence-corrected chi connectivity index (χ0v) is 17.8. The standard InChI is InChI=1S/C20H25N7O6/c1-27-16-15(18(31)26-20(27)21)24-12(9-23-16)8-22-11-4-2-10(3-5-11)17(30)25-13(19(32)33)6-7-14(28)29/h2-5,12-13,22-24H,6-9H2,1H3,(H,25,30)(H,28,29)(H,32,33)(H2,21,26,31)/t12?,13-/m0/s1. The average Bonchev–Trinajstić information content (AvgIpc) is 2.78. The van der Waals surface area contributed by atoms with Crippen LogP contribution in [0.15, 0.2) is 29.1 Å². The number of benzene rings is 1. The lowest BCUT2D eigenvalue weighted by atomic mass is 10.1. The number of nitrogens with two attached hydrogens (primary N) is 1. The Morgan fingerprint density at radius 3 is 2.61 bits per heavy atom. The zero-order chi connectivity index (χ0) is 24.1. The van der Waals surface area contributed by atoms with Crippen molar-refractivity contribution < 1.29 is 24.6 Å². The largest absolute Gasteiger partial charge is 0.481 e. The number of anilines is 4. The Hall–Kier alpha value is -4.29. The summed E-state index contributed by atoms with van der Waals surface area (Å²) in [5.74, 6) is -2.37. The van der Waals surface area contributed by atoms with E-state index in [0.29, 0.717) is 30.3 Å². The summed E-state index contributed by atoms with van der Waals surface area (Å²) < 4.78 is 1.59. The Kier molecular flexibility index (Phi) is 7.00. The summed E-state index contributed by atoms with van der Waals surface area (Å²) in [4.78, 5) is 50.1. The maximum Gasteiger partial charge on any atom is 0.326 e. The fraction of sp³-hybridized carbons (Fsp3) is 0.350. The quantitative estimate of drug-likeness (QED) is 0.260. The number of rotatable bonds is 9. The first-order valence-electron chi connectivity index (χ1n) is 10.1. The minimum Gasteiger partial charge on any atom is -0.481 e. The molecule has 8 N–H and O–H groups in total. The van der Waals surface area contributed by atoms with Crippen LogP contribution in [0.4, 0.5) is 23.1 Å². The summed E-state index contributed by atoms with van der Waals surface area (Å²) in [6.07, 6.45) is -0.586. The molecule has 3 rings (SSSR count). The van der Waals surface area contributed by atoms with E-state index >= 15 is 0 Å². The molecule has 1 unspecified atom stereocenters. The highest BCUT2D eigenvalue weighted by Gasteiger charge is 2.23. The molecule has 1 aliphatic heterocycles. The van der Waals surface area contributed by atoms with E-state index in [0.717, 1.165) is 0 Å². The predicted molar refractivity (Wildman–Crippen MR) is 120 cm³/mol. The number of aromatic nitrogens is 2. The highest BCUT2D eigenvalue weighted by molar-refractivity contribution is 5.96. The number of amides is 1. The monoisotopic (exact) mass is 459 g/mol. The molecule has 1 amide bonds. The first-order valence-corrected chi connectivity index (χ1v) is 10.1. The molecule has 1 aliphatic rings. The number of nitrogens with zero attached hydrogens (tertiary/aromatic N) is 2. The number of carboxylic acid groups (broad SMARTS) is 2. The van der Waals surface area contributed by atoms with Crippen LogP contribution in [-0.4, -0.2) is 62.8 Å². The highest BCUT2D eigenvalue weighted by Crippen LogP contribution is 2.23. The molecule has 2 aromatic rings. The molecule has 1 aromatic heterocycles. The summed E-state index contributed by atoms with van der Waals surface area (Å²) in [5, 5.41) is 29.7. The molecular weight excluding hydrogens is 434 g/mol. The third kappa shape index (κ3) is 5.70. The predicted octanol–water partition coefficient (Wildman–Crippen LogP) is -0.272. The van der Waals surface area contributed by atoms with Gasteiger partial charge in [0.05, 0.1) is 6.04 Å². The average molecular weight is 459 g/mol. The van der Waals surface area contributed by atoms with Crippen LogP contribution in [0.5, 0.6) is 0 Å². The van der Waals surface area contributed by atoms with Gasteiger partial charge in [0.25, 0.3) is 11.5 Å². The summed E-state index contributed by atoms with van der Waals surface area (Å²) >= 11 is 0. The number of fused-ring (bicyclic) bond motifs is 1. The summed E-state index contributed by atoms with van der Waals surface area (Å²) in [7, 11) is 1.70. The lowest BCUT2D eigenvalue weighted by molar-refractivity contribution is -0.140. The molecule has 0 bridgehead atoms. The Morgan fingerprint density at radius 1 is 1.27 bits per heavy atom. The minimum absolute atomic E-state index is 0.116. The van der Waals surface area contributed by atoms with Crippen molar-refractivity contribution in [1.82, 2.24) is 14.9 Å². The van der Waals surface area contributed by atoms with Crippen LogP contribution in [0.3, 0.4) is 0 Å². The number of nitrogen functional groups attached to an aromatic ring is 1. The number of hydrogen-bond donors (Lipinski definition) is 7. The number of aliphatic carboxylic acids is 2. The Bertz CT molecular complexity index is 1120. The van der Waals surface area contributed by atoms with Crippen molar-refractivity contribution >= 4 is 41.0 Å². The van der Waals surface area contributed by atoms with E-state index in [9.17, 15) is 19.2 Å². The van der Waals surface area contributed by atoms with Gasteiger partial charge in [-0.2, -0.15) is 4.98 Å². The number of hydrogen-bond acceptors (Lipinski definition) is 9. The Morgan fingerprint density at radius 2 is 1.97 bits per heavy atom. The minimum atomic E-state index is -1.30. The van der Waals surface area contributed by atoms with Gasteiger partial charge in [0.1, 0.15) is 17.5 Å². The summed E-state index contributed by atoms with van der Waals surface area (Å²) in [6.45, 7) is 0.992. The molecule has 0 aliphatic carbocycles. The van der Waals surface area contributed by atoms with E-state index in [1.165, 1.54) is 12.1 Å². The van der Waals surface area contributed by atoms with E-state index in [-0.39, 0.29) is 30.4 Å². The van der Waals surface area contributed by atoms with Crippen LogP contribution in [-0.2, 0) is 16.6 Å². The van der Waals surface area contributed by atoms with Gasteiger partial charge in [0.15, 0.2) is 0 Å². The first-order chi connectivity index (χ1) is 15.7. The van der Waals surface area contributed by atoms with Crippen molar-refractivity contribution in [3.63, 3.8) is 0 Å². The van der Waals surface area contributed by atoms with E-state index in [1.807, 2.05) is 0 Å². The molecule has 0 fully saturated rings. The second-order valence-electron chi connectivity index (χ2n) is 7.53. The highest BCUT2D eigenvalue weighted by atomic mass is 16.4. The molecule has 13 nitrogen and oxygen atoms in total. The normalized spacial score (nSPS) is 15.4. The van der Waals surface area contributed by atoms with Gasteiger partial charge in [-0.05, 0) is 30.7 Å². The molecule has 1 aromatic carbocycles. The summed E-state index contributed by atoms with van der Waals surface area (Å²) in [5.41, 5.74) is 6.55. The van der Waals surface area contributed by atoms with Crippen molar-refractivity contribution in [3.8, 4) is 0 Å². The van der Waals surface area contributed by atoms with Crippen LogP contribution in [0.25, 0.3) is 0 Å². The Labute approximate surface area is 188 Å². The van der Waals surface area contributed by atoms with Gasteiger partial charge in [-0.15, -0.1) is 0 Å². The maximum atomic E-state index is 12.3. The second-order valence-corrected chi connectivity index (χ2v) is 7.53. The smallest absolute Gasteiger partial charge is 0.326 e. The molecule has 2 heterocycles. The molecule has 33 heavy (non-hydrogen) atoms. The third-order valence-electron chi connectivity index (χ3n) is 5.16. The van der Waals surface area contributed by atoms with Gasteiger partial charge >= 0.3 is 11.9 Å². The van der Waals surface area contributed by atoms with Gasteiger partial charge in [-0.3, -0.25) is 19.0 Å². The first kappa shape index (κ1) is 23.4. The van der Waals surface area contributed by atoms with Gasteiger partial charge in [-0.25, -0.2) is 4.79 Å². The third-order valence-corrected chi connectivity index (χ3v) is 5.16. The molecular formula is C20H25N7O6. The molecule has 0 radical (unpaired) electrons. The van der Waals surface area contributed by atoms with Gasteiger partial charge in [-0.1, -0.05) is 0 Å². The van der Waals surface area contributed by atoms with Gasteiger partial charge < -0.3 is 37.2 Å². The van der Waals surface area contributed by atoms with Crippen LogP contribution in [0.1, 0.15) is 23.2 Å². The molecule has 0 saturated heterocycles. The molecule has 2 atom stereocenters. The zero-order valence-electron chi connectivity index (χ0n) is 17.8. The van der Waals surface area contributed by atoms with E-state index in [2.05, 4.69) is 26.3 Å².